The summed E-state index contributed by atoms with van der Waals surface area (Å²) in [5.41, 5.74) is 0. The number of rotatable bonds is 0. The van der Waals surface area contributed by atoms with Gasteiger partial charge >= 0.3 is 18.8 Å². The van der Waals surface area contributed by atoms with E-state index in [-0.39, 0.29) is 14.4 Å². The molecule has 0 rings (SSSR count). The molecule has 0 saturated heterocycles. The molecule has 0 radical (unpaired) electrons. The van der Waals surface area contributed by atoms with Crippen LogP contribution in [0.15, 0.2) is 0 Å². The molecule has 0 saturated carbocycles. The summed E-state index contributed by atoms with van der Waals surface area (Å²) in [6.45, 7) is 0. The van der Waals surface area contributed by atoms with Gasteiger partial charge in [-0.05, 0) is 0 Å². The van der Waals surface area contributed by atoms with Crippen molar-refractivity contribution >= 4 is 17.4 Å². The molecule has 36 valence electrons. The summed E-state index contributed by atoms with van der Waals surface area (Å²) in [7, 11) is -6.00. The maximum atomic E-state index is 9.75. The number of halogens is 4. The van der Waals surface area contributed by atoms with Gasteiger partial charge in [-0.3, -0.25) is 0 Å². The zero-order valence-electron chi connectivity index (χ0n) is 5.80. The minimum absolute atomic E-state index is 0. The van der Waals surface area contributed by atoms with E-state index in [1.807, 2.05) is 0 Å². The third-order valence-corrected chi connectivity index (χ3v) is 0. The smallest absolute Gasteiger partial charge is 1.00 e. The van der Waals surface area contributed by atoms with Crippen molar-refractivity contribution in [2.45, 2.75) is 0 Å². The van der Waals surface area contributed by atoms with Crippen LogP contribution in [0.1, 0.15) is 4.28 Å². The summed E-state index contributed by atoms with van der Waals surface area (Å²) in [5, 5.41) is 0. The van der Waals surface area contributed by atoms with Crippen LogP contribution in [0.4, 0.5) is 17.3 Å². The van der Waals surface area contributed by atoms with Gasteiger partial charge in [0, 0.05) is 0 Å². The summed E-state index contributed by atoms with van der Waals surface area (Å²) < 4.78 is 39.0. The summed E-state index contributed by atoms with van der Waals surface area (Å²) in [6.07, 6.45) is 0. The topological polar surface area (TPSA) is 0 Å². The Bertz CT molecular complexity index is 31.3. The van der Waals surface area contributed by atoms with E-state index >= 15 is 0 Å². The number of hydrogen-bond donors (Lipinski definition) is 0. The molecule has 6 heavy (non-hydrogen) atoms. The Labute approximate surface area is 40.3 Å². The minimum atomic E-state index is -6.00. The standard InChI is InChI=1S/BF4.Be.2H/c2-1(3,4)5;;;/q-1;+2;2*-1/p+1. The summed E-state index contributed by atoms with van der Waals surface area (Å²) in [5.74, 6) is 0. The van der Waals surface area contributed by atoms with Crippen molar-refractivity contribution in [1.82, 2.24) is 0 Å². The molecule has 0 spiro atoms. The Morgan fingerprint density at radius 1 is 1.17 bits per heavy atom. The fourth-order valence-corrected chi connectivity index (χ4v) is 0. The molecule has 0 aromatic rings. The molecule has 6 heteroatoms. The third-order valence-electron chi connectivity index (χ3n) is 0. The monoisotopic (exact) mass is 99.0 g/mol. The predicted molar refractivity (Wildman–Crippen MR) is 19.3 cm³/mol. The van der Waals surface area contributed by atoms with Crippen LogP contribution in [0.2, 0.25) is 0 Å². The van der Waals surface area contributed by atoms with Crippen molar-refractivity contribution in [3.63, 3.8) is 0 Å². The van der Waals surface area contributed by atoms with Gasteiger partial charge in [0.15, 0.2) is 0 Å². The fourth-order valence-electron chi connectivity index (χ4n) is 0. The average molecular weight is 98.8 g/mol. The molecule has 0 N–H and O–H groups in total. The Hall–Kier alpha value is -0.0462. The molecule has 0 aliphatic heterocycles. The fraction of sp³-hybridized carbons (Fsp3) is 0. The summed E-state index contributed by atoms with van der Waals surface area (Å²) in [4.78, 5) is 0. The van der Waals surface area contributed by atoms with Crippen LogP contribution in [0, 0.1) is 0 Å². The van der Waals surface area contributed by atoms with E-state index in [0.29, 0.717) is 0 Å². The normalized spacial score (nSPS) is 10.0. The van der Waals surface area contributed by atoms with Crippen LogP contribution in [-0.4, -0.2) is 17.4 Å². The van der Waals surface area contributed by atoms with Crippen LogP contribution in [0.5, 0.6) is 0 Å². The van der Waals surface area contributed by atoms with E-state index in [2.05, 4.69) is 0 Å². The Kier molecular flexibility index (Phi) is 3.40. The van der Waals surface area contributed by atoms with Gasteiger partial charge < -0.3 is 20.1 Å². The molecule has 0 aliphatic rings. The van der Waals surface area contributed by atoms with Crippen LogP contribution < -0.4 is 0 Å². The van der Waals surface area contributed by atoms with Crippen LogP contribution in [-0.2, 0) is 0 Å². The van der Waals surface area contributed by atoms with E-state index < -0.39 is 7.25 Å². The first kappa shape index (κ1) is 9.35. The average Bonchev–Trinajstić information content (AvgIpc) is 0.722. The molecule has 0 atom stereocenters. The molecule has 0 nitrogen and oxygen atoms in total. The number of hydrogen-bond acceptors (Lipinski definition) is 0. The van der Waals surface area contributed by atoms with E-state index in [9.17, 15) is 17.3 Å². The summed E-state index contributed by atoms with van der Waals surface area (Å²) in [6, 6.07) is 0. The molecule has 0 unspecified atom stereocenters. The first-order valence-electron chi connectivity index (χ1n) is 0.873. The van der Waals surface area contributed by atoms with Crippen molar-refractivity contribution in [2.24, 2.45) is 0 Å². The molecule has 0 bridgehead atoms. The van der Waals surface area contributed by atoms with Crippen molar-refractivity contribution in [1.29, 1.82) is 0 Å². The van der Waals surface area contributed by atoms with E-state index in [1.54, 1.807) is 0 Å². The molecule has 0 aliphatic carbocycles. The van der Waals surface area contributed by atoms with Gasteiger partial charge in [0.05, 0.1) is 0 Å². The van der Waals surface area contributed by atoms with Crippen molar-refractivity contribution < 1.29 is 21.5 Å². The van der Waals surface area contributed by atoms with Crippen LogP contribution in [0.3, 0.4) is 0 Å². The van der Waals surface area contributed by atoms with Crippen molar-refractivity contribution in [2.75, 3.05) is 0 Å². The van der Waals surface area contributed by atoms with Gasteiger partial charge in [-0.1, -0.05) is 0 Å². The zero-order valence-corrected chi connectivity index (χ0v) is 2.80. The van der Waals surface area contributed by atoms with Gasteiger partial charge in [-0.2, -0.15) is 0 Å². The second-order valence-electron chi connectivity index (χ2n) is 0.495. The van der Waals surface area contributed by atoms with Gasteiger partial charge in [0.1, 0.15) is 0 Å². The van der Waals surface area contributed by atoms with E-state index in [0.717, 1.165) is 0 Å². The maximum absolute atomic E-state index is 9.75. The Balaban J connectivity index is -0.0000000133. The van der Waals surface area contributed by atoms with Gasteiger partial charge in [-0.15, -0.1) is 0 Å². The molecule has 0 aromatic carbocycles. The van der Waals surface area contributed by atoms with Crippen molar-refractivity contribution in [3.8, 4) is 0 Å². The van der Waals surface area contributed by atoms with Crippen molar-refractivity contribution in [3.05, 3.63) is 0 Å². The largest absolute Gasteiger partial charge is 2.00 e. The van der Waals surface area contributed by atoms with E-state index in [4.69, 9.17) is 0 Å². The molecular weight excluding hydrogens is 95.8 g/mol. The predicted octanol–water partition coefficient (Wildman–Crippen LogP) is 1.26. The van der Waals surface area contributed by atoms with Gasteiger partial charge in [0.25, 0.3) is 0 Å². The first-order chi connectivity index (χ1) is 2.00. The second-order valence-corrected chi connectivity index (χ2v) is 0.495. The first-order valence-corrected chi connectivity index (χ1v) is 0.873. The zero-order chi connectivity index (χ0) is 4.50. The molecule has 0 fully saturated rings. The van der Waals surface area contributed by atoms with Crippen LogP contribution >= 0.6 is 0 Å². The molecule has 0 amide bonds. The third kappa shape index (κ3) is 16100. The molecular formula is H3BBeF4. The molecule has 0 heterocycles. The summed E-state index contributed by atoms with van der Waals surface area (Å²) >= 11 is 0. The van der Waals surface area contributed by atoms with Gasteiger partial charge in [0.2, 0.25) is 0 Å². The SMILES string of the molecule is F[B-](F)(F)F.[Be+2].[H+].[H-].[H-]. The van der Waals surface area contributed by atoms with Gasteiger partial charge in [-0.25, -0.2) is 0 Å². The Morgan fingerprint density at radius 2 is 1.17 bits per heavy atom. The maximum Gasteiger partial charge on any atom is 2.00 e. The Morgan fingerprint density at radius 3 is 1.17 bits per heavy atom. The molecule has 0 aromatic heterocycles. The minimum Gasteiger partial charge on any atom is -1.00 e. The quantitative estimate of drug-likeness (QED) is 0.316. The second kappa shape index (κ2) is 2.18. The van der Waals surface area contributed by atoms with E-state index in [1.165, 1.54) is 0 Å². The van der Waals surface area contributed by atoms with Crippen LogP contribution in [0.25, 0.3) is 0 Å².